The number of hydrogen-bond acceptors (Lipinski definition) is 5. The molecular formula is C32H31N5O. The predicted octanol–water partition coefficient (Wildman–Crippen LogP) is 5.24. The molecule has 0 saturated carbocycles. The molecule has 1 unspecified atom stereocenters. The van der Waals surface area contributed by atoms with Crippen LogP contribution in [0.4, 0.5) is 5.69 Å². The zero-order valence-electron chi connectivity index (χ0n) is 21.6. The normalized spacial score (nSPS) is 14.6. The van der Waals surface area contributed by atoms with E-state index in [1.165, 1.54) is 16.7 Å². The van der Waals surface area contributed by atoms with E-state index in [1.54, 1.807) is 6.20 Å². The number of rotatable bonds is 9. The van der Waals surface area contributed by atoms with Gasteiger partial charge in [0.15, 0.2) is 0 Å². The molecule has 1 atom stereocenters. The molecule has 1 aliphatic heterocycles. The van der Waals surface area contributed by atoms with Crippen LogP contribution in [0.1, 0.15) is 35.6 Å². The van der Waals surface area contributed by atoms with Crippen molar-refractivity contribution in [1.82, 2.24) is 19.9 Å². The fourth-order valence-electron chi connectivity index (χ4n) is 5.29. The summed E-state index contributed by atoms with van der Waals surface area (Å²) in [4.78, 5) is 27.6. The summed E-state index contributed by atoms with van der Waals surface area (Å²) in [5.74, 6) is 1.10. The lowest BCUT2D eigenvalue weighted by Crippen LogP contribution is -2.31. The highest BCUT2D eigenvalue weighted by Gasteiger charge is 2.21. The molecule has 0 radical (unpaired) electrons. The fraction of sp³-hybridized carbons (Fsp3) is 0.250. The van der Waals surface area contributed by atoms with Crippen molar-refractivity contribution in [1.29, 1.82) is 0 Å². The van der Waals surface area contributed by atoms with Crippen molar-refractivity contribution in [3.8, 4) is 11.4 Å². The molecule has 6 heteroatoms. The Hall–Kier alpha value is -4.16. The van der Waals surface area contributed by atoms with Crippen LogP contribution in [0.25, 0.3) is 17.5 Å². The lowest BCUT2D eigenvalue weighted by atomic mass is 10.1. The molecule has 2 aromatic heterocycles. The first kappa shape index (κ1) is 24.2. The van der Waals surface area contributed by atoms with Crippen molar-refractivity contribution in [3.63, 3.8) is 0 Å². The van der Waals surface area contributed by atoms with Crippen LogP contribution < -0.4 is 10.9 Å². The third-order valence-corrected chi connectivity index (χ3v) is 7.41. The Morgan fingerprint density at radius 3 is 2.66 bits per heavy atom. The van der Waals surface area contributed by atoms with Crippen LogP contribution in [-0.2, 0) is 19.4 Å². The molecule has 2 aliphatic rings. The SMILES string of the molecule is CC(CCn1c(-c2ccccc2)ncc(C2=Nc3ccccc3C2)c1=O)CNCC1=Cc2cnccc2C1. The number of nitrogens with one attached hydrogen (secondary N) is 1. The van der Waals surface area contributed by atoms with Gasteiger partial charge in [-0.25, -0.2) is 4.98 Å². The highest BCUT2D eigenvalue weighted by atomic mass is 16.1. The first-order valence-corrected chi connectivity index (χ1v) is 13.3. The van der Waals surface area contributed by atoms with Crippen molar-refractivity contribution in [2.45, 2.75) is 32.7 Å². The summed E-state index contributed by atoms with van der Waals surface area (Å²) in [6.07, 6.45) is 10.3. The monoisotopic (exact) mass is 501 g/mol. The van der Waals surface area contributed by atoms with Gasteiger partial charge in [-0.1, -0.05) is 67.1 Å². The van der Waals surface area contributed by atoms with Gasteiger partial charge in [0.05, 0.1) is 17.0 Å². The Labute approximate surface area is 222 Å². The average molecular weight is 502 g/mol. The minimum absolute atomic E-state index is 0.0203. The van der Waals surface area contributed by atoms with Gasteiger partial charge in [0.2, 0.25) is 0 Å². The van der Waals surface area contributed by atoms with Gasteiger partial charge in [-0.2, -0.15) is 0 Å². The third-order valence-electron chi connectivity index (χ3n) is 7.41. The van der Waals surface area contributed by atoms with Gasteiger partial charge in [0.1, 0.15) is 5.82 Å². The standard InChI is InChI=1S/C32H31N5O/c1-22(18-34-19-23-15-25-11-13-33-20-27(25)16-23)12-14-37-31(24-7-3-2-4-8-24)35-21-28(32(37)38)30-17-26-9-5-6-10-29(26)36-30/h2-11,13,16,20-22,34H,12,14-15,17-19H2,1H3. The summed E-state index contributed by atoms with van der Waals surface area (Å²) in [5, 5.41) is 3.61. The van der Waals surface area contributed by atoms with E-state index in [2.05, 4.69) is 35.4 Å². The van der Waals surface area contributed by atoms with Crippen LogP contribution in [-0.4, -0.2) is 33.3 Å². The summed E-state index contributed by atoms with van der Waals surface area (Å²) in [7, 11) is 0. The molecule has 1 N–H and O–H groups in total. The van der Waals surface area contributed by atoms with E-state index in [0.717, 1.165) is 48.5 Å². The molecule has 2 aromatic carbocycles. The summed E-state index contributed by atoms with van der Waals surface area (Å²) in [5.41, 5.74) is 8.37. The van der Waals surface area contributed by atoms with E-state index in [0.29, 0.717) is 30.3 Å². The lowest BCUT2D eigenvalue weighted by molar-refractivity contribution is 0.449. The topological polar surface area (TPSA) is 72.2 Å². The number of nitrogens with zero attached hydrogens (tertiary/aromatic N) is 4. The maximum Gasteiger partial charge on any atom is 0.262 e. The first-order valence-electron chi connectivity index (χ1n) is 13.3. The second-order valence-electron chi connectivity index (χ2n) is 10.3. The Kier molecular flexibility index (Phi) is 6.80. The van der Waals surface area contributed by atoms with Crippen LogP contribution in [0.15, 0.2) is 94.6 Å². The van der Waals surface area contributed by atoms with Gasteiger partial charge in [0.25, 0.3) is 5.56 Å². The van der Waals surface area contributed by atoms with Gasteiger partial charge in [-0.3, -0.25) is 19.3 Å². The molecule has 190 valence electrons. The quantitative estimate of drug-likeness (QED) is 0.341. The van der Waals surface area contributed by atoms with Gasteiger partial charge in [-0.15, -0.1) is 0 Å². The smallest absolute Gasteiger partial charge is 0.262 e. The minimum atomic E-state index is -0.0203. The van der Waals surface area contributed by atoms with E-state index in [9.17, 15) is 4.79 Å². The third kappa shape index (κ3) is 5.00. The number of para-hydroxylation sites is 1. The molecule has 6 rings (SSSR count). The van der Waals surface area contributed by atoms with Crippen LogP contribution in [0.2, 0.25) is 0 Å². The molecule has 0 fully saturated rings. The maximum atomic E-state index is 13.8. The number of hydrogen-bond donors (Lipinski definition) is 1. The largest absolute Gasteiger partial charge is 0.313 e. The van der Waals surface area contributed by atoms with Gasteiger partial charge in [0, 0.05) is 43.7 Å². The lowest BCUT2D eigenvalue weighted by Gasteiger charge is -2.17. The molecule has 1 aliphatic carbocycles. The molecule has 0 amide bonds. The first-order chi connectivity index (χ1) is 18.7. The van der Waals surface area contributed by atoms with Gasteiger partial charge in [-0.05, 0) is 54.1 Å². The molecule has 6 nitrogen and oxygen atoms in total. The van der Waals surface area contributed by atoms with Crippen molar-refractivity contribution in [2.24, 2.45) is 10.9 Å². The highest BCUT2D eigenvalue weighted by Crippen LogP contribution is 2.28. The molecule has 0 spiro atoms. The number of aliphatic imine (C=N–C) groups is 1. The number of pyridine rings is 1. The van der Waals surface area contributed by atoms with E-state index in [4.69, 9.17) is 9.98 Å². The second-order valence-corrected chi connectivity index (χ2v) is 10.3. The fourth-order valence-corrected chi connectivity index (χ4v) is 5.29. The van der Waals surface area contributed by atoms with Crippen molar-refractivity contribution in [2.75, 3.05) is 13.1 Å². The Morgan fingerprint density at radius 2 is 1.82 bits per heavy atom. The van der Waals surface area contributed by atoms with Gasteiger partial charge >= 0.3 is 0 Å². The summed E-state index contributed by atoms with van der Waals surface area (Å²) < 4.78 is 1.84. The van der Waals surface area contributed by atoms with Crippen LogP contribution in [0.3, 0.4) is 0 Å². The molecule has 4 aromatic rings. The maximum absolute atomic E-state index is 13.8. The second kappa shape index (κ2) is 10.7. The molecular weight excluding hydrogens is 470 g/mol. The number of fused-ring (bicyclic) bond motifs is 2. The molecule has 0 bridgehead atoms. The minimum Gasteiger partial charge on any atom is -0.313 e. The highest BCUT2D eigenvalue weighted by molar-refractivity contribution is 6.06. The van der Waals surface area contributed by atoms with Crippen molar-refractivity contribution in [3.05, 3.63) is 117 Å². The summed E-state index contributed by atoms with van der Waals surface area (Å²) in [6.45, 7) is 4.59. The van der Waals surface area contributed by atoms with Crippen LogP contribution >= 0.6 is 0 Å². The van der Waals surface area contributed by atoms with E-state index < -0.39 is 0 Å². The van der Waals surface area contributed by atoms with Crippen molar-refractivity contribution < 1.29 is 0 Å². The van der Waals surface area contributed by atoms with Crippen LogP contribution in [0, 0.1) is 5.92 Å². The zero-order chi connectivity index (χ0) is 25.9. The van der Waals surface area contributed by atoms with E-state index >= 15 is 0 Å². The van der Waals surface area contributed by atoms with Gasteiger partial charge < -0.3 is 5.32 Å². The van der Waals surface area contributed by atoms with E-state index in [-0.39, 0.29) is 5.56 Å². The summed E-state index contributed by atoms with van der Waals surface area (Å²) in [6, 6.07) is 20.1. The predicted molar refractivity (Wildman–Crippen MR) is 153 cm³/mol. The Bertz CT molecular complexity index is 1590. The number of benzene rings is 2. The Morgan fingerprint density at radius 1 is 0.974 bits per heavy atom. The average Bonchev–Trinajstić information content (AvgIpc) is 3.56. The Balaban J connectivity index is 1.16. The zero-order valence-corrected chi connectivity index (χ0v) is 21.6. The number of aromatic nitrogens is 3. The molecule has 0 saturated heterocycles. The molecule has 3 heterocycles. The molecule has 38 heavy (non-hydrogen) atoms. The van der Waals surface area contributed by atoms with Crippen LogP contribution in [0.5, 0.6) is 0 Å². The summed E-state index contributed by atoms with van der Waals surface area (Å²) >= 11 is 0. The van der Waals surface area contributed by atoms with E-state index in [1.807, 2.05) is 65.5 Å². The van der Waals surface area contributed by atoms with Crippen molar-refractivity contribution >= 4 is 17.5 Å².